The monoisotopic (exact) mass is 1410 g/mol. The van der Waals surface area contributed by atoms with Crippen molar-refractivity contribution >= 4 is 69.4 Å². The lowest BCUT2D eigenvalue weighted by molar-refractivity contribution is -0.259. The van der Waals surface area contributed by atoms with Crippen LogP contribution >= 0.6 is 0 Å². The molecule has 560 valence electrons. The van der Waals surface area contributed by atoms with Crippen molar-refractivity contribution in [2.75, 3.05) is 79.3 Å². The third kappa shape index (κ3) is 17.9. The van der Waals surface area contributed by atoms with Crippen LogP contribution in [0.3, 0.4) is 0 Å². The van der Waals surface area contributed by atoms with Gasteiger partial charge in [-0.25, -0.2) is 0 Å². The second-order valence-corrected chi connectivity index (χ2v) is 23.3. The van der Waals surface area contributed by atoms with E-state index in [0.717, 1.165) is 0 Å². The van der Waals surface area contributed by atoms with E-state index in [4.69, 9.17) is 4.74 Å². The lowest BCUT2D eigenvalue weighted by Gasteiger charge is -2.62. The minimum absolute atomic E-state index is 0.0940. The Balaban J connectivity index is 13.5. The zero-order valence-electron chi connectivity index (χ0n) is 53.8. The molecule has 0 heterocycles. The molecule has 24 N–H and O–H groups in total. The quantitative estimate of drug-likeness (QED) is 0.0199. The summed E-state index contributed by atoms with van der Waals surface area (Å²) in [5.41, 5.74) is -36.4. The molecule has 0 bridgehead atoms. The number of carbonyl (C=O) groups excluding carboxylic acids is 12. The molecule has 0 saturated carbocycles. The predicted molar refractivity (Wildman–Crippen MR) is 319 cm³/mol. The normalized spacial score (nSPS) is 19.5. The molecule has 0 saturated heterocycles. The number of ether oxygens (including phenoxy) is 1. The van der Waals surface area contributed by atoms with Gasteiger partial charge in [-0.2, -0.15) is 0 Å². The first-order chi connectivity index (χ1) is 45.5. The highest BCUT2D eigenvalue weighted by Crippen LogP contribution is 2.64. The smallest absolute Gasteiger partial charge is 0.212 e. The largest absolute Gasteiger partial charge is 0.393 e. The minimum Gasteiger partial charge on any atom is -0.393 e. The second kappa shape index (κ2) is 42.3. The Kier molecular flexibility index (Phi) is 40.2. The van der Waals surface area contributed by atoms with Crippen molar-refractivity contribution in [3.05, 3.63) is 0 Å². The molecule has 0 aromatic rings. The highest BCUT2D eigenvalue weighted by molar-refractivity contribution is 6.35. The number of unbranched alkanes of at least 4 members (excludes halogenated alkanes) is 12. The number of aliphatic hydroxyl groups excluding tert-OH is 24. The van der Waals surface area contributed by atoms with Crippen LogP contribution in [-0.2, 0) is 62.3 Å². The molecule has 97 heavy (non-hydrogen) atoms. The Hall–Kier alpha value is -4.96. The van der Waals surface area contributed by atoms with Gasteiger partial charge in [-0.15, -0.1) is 0 Å². The van der Waals surface area contributed by atoms with E-state index in [0.29, 0.717) is 38.5 Å². The van der Waals surface area contributed by atoms with Gasteiger partial charge < -0.3 is 127 Å². The number of hydrogen-bond donors (Lipinski definition) is 24. The van der Waals surface area contributed by atoms with E-state index >= 15 is 57.5 Å². The van der Waals surface area contributed by atoms with Gasteiger partial charge >= 0.3 is 0 Å². The van der Waals surface area contributed by atoms with Crippen LogP contribution in [-0.4, -0.2) is 356 Å². The third-order valence-electron chi connectivity index (χ3n) is 17.2. The summed E-state index contributed by atoms with van der Waals surface area (Å²) < 4.78 is 6.05. The fourth-order valence-electron chi connectivity index (χ4n) is 12.6. The van der Waals surface area contributed by atoms with E-state index in [-0.39, 0.29) is 25.7 Å². The summed E-state index contributed by atoms with van der Waals surface area (Å²) in [5, 5.41) is 273. The fraction of sp³-hybridized carbons (Fsp3) is 0.800. The predicted octanol–water partition coefficient (Wildman–Crippen LogP) is -12.2. The van der Waals surface area contributed by atoms with Gasteiger partial charge in [0.05, 0.1) is 79.3 Å². The zero-order valence-corrected chi connectivity index (χ0v) is 53.8. The molecule has 0 radical (unpaired) electrons. The molecule has 12 unspecified atom stereocenters. The third-order valence-corrected chi connectivity index (χ3v) is 17.2. The van der Waals surface area contributed by atoms with Crippen molar-refractivity contribution in [3.8, 4) is 0 Å². The van der Waals surface area contributed by atoms with E-state index in [1.54, 1.807) is 13.8 Å². The molecule has 37 nitrogen and oxygen atoms in total. The van der Waals surface area contributed by atoms with E-state index < -0.39 is 293 Å². The van der Waals surface area contributed by atoms with Crippen molar-refractivity contribution < 1.29 is 185 Å². The maximum atomic E-state index is 16.7. The first-order valence-corrected chi connectivity index (χ1v) is 31.2. The molecule has 0 spiro atoms. The summed E-state index contributed by atoms with van der Waals surface area (Å²) >= 11 is 0. The van der Waals surface area contributed by atoms with E-state index in [2.05, 4.69) is 0 Å². The maximum Gasteiger partial charge on any atom is 0.212 e. The standard InChI is InChI=1S/C60H98O37/c1-3-5-7-9-11-13-15-17-55(43(85)31(73)19-61,44(86)32(74)20-62)57(47(89)35(77)23-65,48(90)36(78)24-66)59(51(93)39(81)27-69,52(94)40(82)28-70)97-60(53(95)41(83)29-71,54(96)42(84)30-72)58(49(91)37(79)25-67,50(92)38(80)26-68)56(45(87)33(75)21-63,46(88)34(76)22-64)18-16-14-12-10-8-6-4-2/h31-42,61-84H,3-30H2,1-2H3. The number of hydrogen-bond acceptors (Lipinski definition) is 37. The summed E-state index contributed by atoms with van der Waals surface area (Å²) in [7, 11) is 0. The molecule has 0 fully saturated rings. The summed E-state index contributed by atoms with van der Waals surface area (Å²) in [6.45, 7) is -25.8. The van der Waals surface area contributed by atoms with Crippen LogP contribution in [0.5, 0.6) is 0 Å². The first-order valence-electron chi connectivity index (χ1n) is 31.2. The Morgan fingerprint density at radius 1 is 0.227 bits per heavy atom. The summed E-state index contributed by atoms with van der Waals surface area (Å²) in [6, 6.07) is 0. The van der Waals surface area contributed by atoms with Gasteiger partial charge in [-0.05, 0) is 12.8 Å². The number of aliphatic hydroxyl groups is 24. The Morgan fingerprint density at radius 3 is 0.536 bits per heavy atom. The van der Waals surface area contributed by atoms with Crippen LogP contribution in [0.25, 0.3) is 0 Å². The number of carbonyl (C=O) groups is 12. The zero-order chi connectivity index (χ0) is 75.4. The molecule has 0 aliphatic rings. The Bertz CT molecular complexity index is 2300. The number of ketones is 12. The van der Waals surface area contributed by atoms with Crippen molar-refractivity contribution in [1.82, 2.24) is 0 Å². The van der Waals surface area contributed by atoms with Crippen molar-refractivity contribution in [2.24, 2.45) is 21.7 Å². The van der Waals surface area contributed by atoms with Gasteiger partial charge in [0.25, 0.3) is 0 Å². The number of Topliss-reactive ketones (excluding diaryl/α,β-unsaturated/α-hetero) is 12. The van der Waals surface area contributed by atoms with Crippen molar-refractivity contribution in [3.63, 3.8) is 0 Å². The van der Waals surface area contributed by atoms with Gasteiger partial charge in [0.1, 0.15) is 84.1 Å². The molecular weight excluding hydrogens is 1310 g/mol. The van der Waals surface area contributed by atoms with Crippen molar-refractivity contribution in [2.45, 2.75) is 201 Å². The van der Waals surface area contributed by atoms with Crippen LogP contribution in [0.4, 0.5) is 0 Å². The van der Waals surface area contributed by atoms with E-state index in [1.165, 1.54) is 0 Å². The summed E-state index contributed by atoms with van der Waals surface area (Å²) in [5.74, 6) is -40.1. The molecule has 0 aromatic heterocycles. The molecule has 0 rings (SSSR count). The van der Waals surface area contributed by atoms with Crippen LogP contribution < -0.4 is 0 Å². The van der Waals surface area contributed by atoms with Crippen molar-refractivity contribution in [1.29, 1.82) is 0 Å². The number of rotatable bonds is 58. The minimum atomic E-state index is -6.62. The van der Waals surface area contributed by atoms with Gasteiger partial charge in [-0.3, -0.25) is 57.5 Å². The van der Waals surface area contributed by atoms with Gasteiger partial charge in [0, 0.05) is 0 Å². The Morgan fingerprint density at radius 2 is 0.371 bits per heavy atom. The first kappa shape index (κ1) is 92.0. The van der Waals surface area contributed by atoms with Crippen LogP contribution in [0.2, 0.25) is 0 Å². The van der Waals surface area contributed by atoms with E-state index in [9.17, 15) is 123 Å². The summed E-state index contributed by atoms with van der Waals surface area (Å²) in [6.07, 6.45) is -53.4. The maximum absolute atomic E-state index is 16.7. The van der Waals surface area contributed by atoms with Gasteiger partial charge in [-0.1, -0.05) is 104 Å². The molecule has 37 heteroatoms. The van der Waals surface area contributed by atoms with Crippen LogP contribution in [0, 0.1) is 21.7 Å². The van der Waals surface area contributed by atoms with Crippen LogP contribution in [0.1, 0.15) is 117 Å². The van der Waals surface area contributed by atoms with E-state index in [1.807, 2.05) is 0 Å². The molecule has 0 amide bonds. The molecule has 0 aromatic carbocycles. The SMILES string of the molecule is CCCCCCCCCC(C(=O)C(O)CO)(C(=O)C(O)CO)C(C(=O)C(O)CO)(C(=O)C(O)CO)C(OC(C(=O)C(O)CO)(C(=O)C(O)CO)C(C(=O)C(O)CO)(C(=O)C(O)CO)C(CCCCCCCCC)(C(=O)C(O)CO)C(=O)C(O)CO)(C(=O)C(O)CO)C(=O)C(O)CO. The molecular formula is C60H98O37. The van der Waals surface area contributed by atoms with Gasteiger partial charge in [0.2, 0.25) is 34.3 Å². The van der Waals surface area contributed by atoms with Gasteiger partial charge in [0.15, 0.2) is 57.1 Å². The molecule has 0 aliphatic heterocycles. The molecule has 0 aliphatic carbocycles. The van der Waals surface area contributed by atoms with Crippen LogP contribution in [0.15, 0.2) is 0 Å². The highest BCUT2D eigenvalue weighted by Gasteiger charge is 2.90. The second-order valence-electron chi connectivity index (χ2n) is 23.3. The lowest BCUT2D eigenvalue weighted by Crippen LogP contribution is -2.88. The topological polar surface area (TPSA) is 700 Å². The molecule has 12 atom stereocenters. The summed E-state index contributed by atoms with van der Waals surface area (Å²) in [4.78, 5) is 198. The average molecular weight is 1410 g/mol. The lowest BCUT2D eigenvalue weighted by atomic mass is 9.41. The highest BCUT2D eigenvalue weighted by atomic mass is 16.6. The fourth-order valence-corrected chi connectivity index (χ4v) is 12.6. The average Bonchev–Trinajstić information content (AvgIpc) is 0.655. The Labute approximate surface area is 554 Å².